The van der Waals surface area contributed by atoms with Crippen molar-refractivity contribution in [1.29, 1.82) is 0 Å². The minimum absolute atomic E-state index is 0.00837. The van der Waals surface area contributed by atoms with Crippen molar-refractivity contribution in [2.24, 2.45) is 5.41 Å². The Balaban J connectivity index is 2.35. The number of hydrogen-bond donors (Lipinski definition) is 0. The number of hydrogen-bond acceptors (Lipinski definition) is 5. The lowest BCUT2D eigenvalue weighted by Crippen LogP contribution is -2.28. The van der Waals surface area contributed by atoms with Crippen molar-refractivity contribution in [3.63, 3.8) is 0 Å². The number of carbonyl (C=O) groups excluding carboxylic acids is 3. The van der Waals surface area contributed by atoms with E-state index in [1.165, 1.54) is 6.92 Å². The molecule has 0 heterocycles. The molecular formula is C20H22Cl2O5. The lowest BCUT2D eigenvalue weighted by Gasteiger charge is -2.25. The van der Waals surface area contributed by atoms with Gasteiger partial charge in [0.15, 0.2) is 11.5 Å². The molecule has 1 unspecified atom stereocenters. The molecule has 1 aliphatic rings. The van der Waals surface area contributed by atoms with Gasteiger partial charge in [0.1, 0.15) is 10.8 Å². The fourth-order valence-corrected chi connectivity index (χ4v) is 3.79. The Morgan fingerprint density at radius 1 is 1.30 bits per heavy atom. The van der Waals surface area contributed by atoms with Crippen LogP contribution >= 0.6 is 23.2 Å². The standard InChI is InChI=1S/C20H22Cl2O5/c1-4-6-15(24)27-26-14-10-13-11-20(8-5-2,9-7-12(3)23)19(25)16(13)18(22)17(14)21/h5,10H,2,4,6-9,11H2,1,3H3. The summed E-state index contributed by atoms with van der Waals surface area (Å²) in [5.74, 6) is -0.583. The van der Waals surface area contributed by atoms with Gasteiger partial charge in [0.2, 0.25) is 0 Å². The van der Waals surface area contributed by atoms with E-state index in [2.05, 4.69) is 6.58 Å². The van der Waals surface area contributed by atoms with E-state index < -0.39 is 11.4 Å². The maximum Gasteiger partial charge on any atom is 0.355 e. The van der Waals surface area contributed by atoms with Gasteiger partial charge in [-0.25, -0.2) is 4.79 Å². The zero-order valence-corrected chi connectivity index (χ0v) is 16.9. The molecule has 1 atom stereocenters. The molecule has 0 saturated heterocycles. The second-order valence-electron chi connectivity index (χ2n) is 6.81. The van der Waals surface area contributed by atoms with Gasteiger partial charge in [-0.3, -0.25) is 14.6 Å². The molecule has 27 heavy (non-hydrogen) atoms. The third-order valence-corrected chi connectivity index (χ3v) is 5.51. The molecule has 146 valence electrons. The smallest absolute Gasteiger partial charge is 0.300 e. The summed E-state index contributed by atoms with van der Waals surface area (Å²) in [7, 11) is 0. The van der Waals surface area contributed by atoms with Gasteiger partial charge >= 0.3 is 5.97 Å². The third-order valence-electron chi connectivity index (χ3n) is 4.66. The van der Waals surface area contributed by atoms with Gasteiger partial charge in [-0.2, -0.15) is 0 Å². The summed E-state index contributed by atoms with van der Waals surface area (Å²) >= 11 is 12.6. The Labute approximate surface area is 168 Å². The molecule has 0 spiro atoms. The molecule has 1 aromatic carbocycles. The molecule has 0 fully saturated rings. The van der Waals surface area contributed by atoms with Crippen LogP contribution in [0.3, 0.4) is 0 Å². The van der Waals surface area contributed by atoms with E-state index in [1.54, 1.807) is 12.1 Å². The van der Waals surface area contributed by atoms with E-state index in [0.29, 0.717) is 36.8 Å². The first-order chi connectivity index (χ1) is 12.8. The summed E-state index contributed by atoms with van der Waals surface area (Å²) in [6.45, 7) is 7.07. The average molecular weight is 413 g/mol. The summed E-state index contributed by atoms with van der Waals surface area (Å²) in [6.07, 6.45) is 4.00. The van der Waals surface area contributed by atoms with Gasteiger partial charge in [-0.05, 0) is 44.2 Å². The van der Waals surface area contributed by atoms with Gasteiger partial charge in [0.25, 0.3) is 0 Å². The van der Waals surface area contributed by atoms with E-state index >= 15 is 0 Å². The molecule has 0 N–H and O–H groups in total. The van der Waals surface area contributed by atoms with Crippen LogP contribution in [0, 0.1) is 5.41 Å². The molecule has 1 aliphatic carbocycles. The van der Waals surface area contributed by atoms with Crippen molar-refractivity contribution in [2.75, 3.05) is 0 Å². The number of Topliss-reactive ketones (excluding diaryl/α,β-unsaturated/α-hetero) is 2. The van der Waals surface area contributed by atoms with Crippen molar-refractivity contribution in [3.05, 3.63) is 39.9 Å². The summed E-state index contributed by atoms with van der Waals surface area (Å²) in [5.41, 5.74) is 0.209. The van der Waals surface area contributed by atoms with Crippen LogP contribution in [0.15, 0.2) is 18.7 Å². The van der Waals surface area contributed by atoms with Gasteiger partial charge < -0.3 is 4.79 Å². The number of allylic oxidation sites excluding steroid dienone is 1. The second-order valence-corrected chi connectivity index (χ2v) is 7.56. The Morgan fingerprint density at radius 3 is 2.59 bits per heavy atom. The van der Waals surface area contributed by atoms with Gasteiger partial charge in [0, 0.05) is 23.8 Å². The van der Waals surface area contributed by atoms with E-state index in [4.69, 9.17) is 33.0 Å². The zero-order valence-electron chi connectivity index (χ0n) is 15.4. The first kappa shape index (κ1) is 21.5. The van der Waals surface area contributed by atoms with Crippen LogP contribution in [0.4, 0.5) is 0 Å². The molecule has 2 rings (SSSR count). The van der Waals surface area contributed by atoms with Crippen LogP contribution < -0.4 is 4.89 Å². The number of benzene rings is 1. The van der Waals surface area contributed by atoms with Crippen LogP contribution in [0.25, 0.3) is 0 Å². The van der Waals surface area contributed by atoms with Crippen LogP contribution in [0.2, 0.25) is 10.0 Å². The van der Waals surface area contributed by atoms with E-state index in [1.807, 2.05) is 6.92 Å². The maximum absolute atomic E-state index is 13.1. The predicted octanol–water partition coefficient (Wildman–Crippen LogP) is 5.30. The molecule has 1 aromatic rings. The lowest BCUT2D eigenvalue weighted by atomic mass is 9.76. The maximum atomic E-state index is 13.1. The van der Waals surface area contributed by atoms with E-state index in [9.17, 15) is 14.4 Å². The predicted molar refractivity (Wildman–Crippen MR) is 103 cm³/mol. The van der Waals surface area contributed by atoms with Crippen molar-refractivity contribution in [3.8, 4) is 5.75 Å². The van der Waals surface area contributed by atoms with Crippen LogP contribution in [-0.2, 0) is 20.9 Å². The zero-order chi connectivity index (χ0) is 20.2. The average Bonchev–Trinajstić information content (AvgIpc) is 2.88. The van der Waals surface area contributed by atoms with Crippen molar-refractivity contribution in [1.82, 2.24) is 0 Å². The normalized spacial score (nSPS) is 18.1. The fraction of sp³-hybridized carbons (Fsp3) is 0.450. The monoisotopic (exact) mass is 412 g/mol. The second kappa shape index (κ2) is 8.89. The Morgan fingerprint density at radius 2 is 2.00 bits per heavy atom. The highest BCUT2D eigenvalue weighted by Gasteiger charge is 2.46. The Hall–Kier alpha value is -1.85. The fourth-order valence-electron chi connectivity index (χ4n) is 3.31. The molecule has 0 aliphatic heterocycles. The van der Waals surface area contributed by atoms with E-state index in [0.717, 1.165) is 0 Å². The molecule has 0 saturated carbocycles. The number of rotatable bonds is 9. The first-order valence-electron chi connectivity index (χ1n) is 8.79. The molecule has 0 bridgehead atoms. The molecule has 7 heteroatoms. The molecule has 5 nitrogen and oxygen atoms in total. The Bertz CT molecular complexity index is 787. The largest absolute Gasteiger partial charge is 0.355 e. The molecule has 0 aromatic heterocycles. The van der Waals surface area contributed by atoms with Crippen molar-refractivity contribution < 1.29 is 24.2 Å². The van der Waals surface area contributed by atoms with Crippen LogP contribution in [0.1, 0.15) is 61.9 Å². The lowest BCUT2D eigenvalue weighted by molar-refractivity contribution is -0.213. The summed E-state index contributed by atoms with van der Waals surface area (Å²) in [4.78, 5) is 45.9. The third kappa shape index (κ3) is 4.53. The number of ketones is 2. The minimum atomic E-state index is -0.778. The highest BCUT2D eigenvalue weighted by atomic mass is 35.5. The highest BCUT2D eigenvalue weighted by Crippen LogP contribution is 2.49. The van der Waals surface area contributed by atoms with Crippen LogP contribution in [-0.4, -0.2) is 17.5 Å². The van der Waals surface area contributed by atoms with Crippen molar-refractivity contribution in [2.45, 2.75) is 52.4 Å². The first-order valence-corrected chi connectivity index (χ1v) is 9.54. The molecule has 0 radical (unpaired) electrons. The van der Waals surface area contributed by atoms with E-state index in [-0.39, 0.29) is 40.2 Å². The molecule has 0 amide bonds. The Kier molecular flexibility index (Phi) is 7.06. The quantitative estimate of drug-likeness (QED) is 0.312. The summed E-state index contributed by atoms with van der Waals surface area (Å²) in [6, 6.07) is 1.57. The molecular weight excluding hydrogens is 391 g/mol. The number of fused-ring (bicyclic) bond motifs is 1. The van der Waals surface area contributed by atoms with Gasteiger partial charge in [-0.15, -0.1) is 6.58 Å². The summed E-state index contributed by atoms with van der Waals surface area (Å²) < 4.78 is 0. The van der Waals surface area contributed by atoms with Gasteiger partial charge in [-0.1, -0.05) is 36.2 Å². The summed E-state index contributed by atoms with van der Waals surface area (Å²) in [5, 5.41) is 0.0727. The van der Waals surface area contributed by atoms with Gasteiger partial charge in [0.05, 0.1) is 5.02 Å². The van der Waals surface area contributed by atoms with Crippen LogP contribution in [0.5, 0.6) is 5.75 Å². The highest BCUT2D eigenvalue weighted by molar-refractivity contribution is 6.45. The SMILES string of the molecule is C=CCC1(CCC(C)=O)Cc2cc(OOC(=O)CCC)c(Cl)c(Cl)c2C1=O. The minimum Gasteiger partial charge on any atom is -0.300 e. The number of halogens is 2. The topological polar surface area (TPSA) is 69.7 Å². The number of carbonyl (C=O) groups is 3. The van der Waals surface area contributed by atoms with Crippen molar-refractivity contribution >= 4 is 40.7 Å².